The zero-order chi connectivity index (χ0) is 24.7. The summed E-state index contributed by atoms with van der Waals surface area (Å²) in [7, 11) is 3.78. The largest absolute Gasteiger partial charge is 0.377 e. The highest BCUT2D eigenvalue weighted by Crippen LogP contribution is 2.26. The normalized spacial score (nSPS) is 10.5. The van der Waals surface area contributed by atoms with Crippen molar-refractivity contribution in [2.45, 2.75) is 20.0 Å². The number of rotatable bonds is 8. The number of anilines is 2. The molecule has 3 rings (SSSR count). The Morgan fingerprint density at radius 1 is 0.882 bits per heavy atom. The predicted molar refractivity (Wildman–Crippen MR) is 130 cm³/mol. The van der Waals surface area contributed by atoms with Crippen LogP contribution in [-0.4, -0.2) is 37.5 Å². The minimum absolute atomic E-state index is 0.207. The molecule has 0 radical (unpaired) electrons. The van der Waals surface area contributed by atoms with E-state index in [1.807, 2.05) is 32.0 Å². The number of halogens is 2. The number of nitrogens with one attached hydrogen (secondary N) is 2. The van der Waals surface area contributed by atoms with Crippen LogP contribution in [0.5, 0.6) is 0 Å². The van der Waals surface area contributed by atoms with Crippen molar-refractivity contribution in [1.82, 2.24) is 10.2 Å². The van der Waals surface area contributed by atoms with Crippen molar-refractivity contribution in [1.29, 1.82) is 0 Å². The zero-order valence-electron chi connectivity index (χ0n) is 19.4. The average molecular weight is 467 g/mol. The van der Waals surface area contributed by atoms with Crippen molar-refractivity contribution in [3.8, 4) is 0 Å². The topological polar surface area (TPSA) is 64.7 Å². The zero-order valence-corrected chi connectivity index (χ0v) is 19.4. The second kappa shape index (κ2) is 11.3. The molecule has 8 heteroatoms. The van der Waals surface area contributed by atoms with Gasteiger partial charge in [0.15, 0.2) is 0 Å². The second-order valence-corrected chi connectivity index (χ2v) is 8.02. The SMILES string of the molecule is CCNC(=O)N(Cc1ccc(F)cc1)Cc1cc(NC(=O)c2cccc(F)c2)ccc1N(C)C. The lowest BCUT2D eigenvalue weighted by Crippen LogP contribution is -2.39. The highest BCUT2D eigenvalue weighted by Gasteiger charge is 2.18. The van der Waals surface area contributed by atoms with E-state index in [1.165, 1.54) is 36.4 Å². The molecule has 0 heterocycles. The van der Waals surface area contributed by atoms with Crippen molar-refractivity contribution in [3.05, 3.63) is 95.1 Å². The van der Waals surface area contributed by atoms with E-state index in [9.17, 15) is 18.4 Å². The van der Waals surface area contributed by atoms with E-state index < -0.39 is 11.7 Å². The lowest BCUT2D eigenvalue weighted by atomic mass is 10.1. The number of urea groups is 1. The van der Waals surface area contributed by atoms with Gasteiger partial charge in [-0.15, -0.1) is 0 Å². The van der Waals surface area contributed by atoms with E-state index in [2.05, 4.69) is 10.6 Å². The fourth-order valence-electron chi connectivity index (χ4n) is 3.54. The summed E-state index contributed by atoms with van der Waals surface area (Å²) in [6.45, 7) is 2.82. The minimum atomic E-state index is -0.491. The summed E-state index contributed by atoms with van der Waals surface area (Å²) in [6.07, 6.45) is 0. The maximum absolute atomic E-state index is 13.5. The van der Waals surface area contributed by atoms with Crippen LogP contribution in [0, 0.1) is 11.6 Å². The second-order valence-electron chi connectivity index (χ2n) is 8.02. The van der Waals surface area contributed by atoms with Crippen molar-refractivity contribution in [2.24, 2.45) is 0 Å². The van der Waals surface area contributed by atoms with Crippen LogP contribution >= 0.6 is 0 Å². The number of benzene rings is 3. The number of hydrogen-bond acceptors (Lipinski definition) is 3. The molecular weight excluding hydrogens is 438 g/mol. The quantitative estimate of drug-likeness (QED) is 0.490. The smallest absolute Gasteiger partial charge is 0.317 e. The minimum Gasteiger partial charge on any atom is -0.377 e. The first kappa shape index (κ1) is 24.7. The number of carbonyl (C=O) groups excluding carboxylic acids is 2. The molecule has 0 bridgehead atoms. The number of nitrogens with zero attached hydrogens (tertiary/aromatic N) is 2. The molecule has 3 aromatic carbocycles. The molecule has 0 spiro atoms. The third-order valence-electron chi connectivity index (χ3n) is 5.17. The summed E-state index contributed by atoms with van der Waals surface area (Å²) in [4.78, 5) is 28.9. The molecule has 0 fully saturated rings. The molecule has 2 N–H and O–H groups in total. The van der Waals surface area contributed by atoms with Crippen molar-refractivity contribution in [2.75, 3.05) is 30.9 Å². The Hall–Kier alpha value is -3.94. The molecule has 3 aromatic rings. The van der Waals surface area contributed by atoms with Gasteiger partial charge in [0.25, 0.3) is 5.91 Å². The van der Waals surface area contributed by atoms with Gasteiger partial charge in [-0.1, -0.05) is 18.2 Å². The molecule has 0 aliphatic heterocycles. The molecular formula is C26H28F2N4O2. The first-order valence-electron chi connectivity index (χ1n) is 10.9. The monoisotopic (exact) mass is 466 g/mol. The Labute approximate surface area is 198 Å². The van der Waals surface area contributed by atoms with Gasteiger partial charge in [0.1, 0.15) is 11.6 Å². The van der Waals surface area contributed by atoms with Crippen LogP contribution in [-0.2, 0) is 13.1 Å². The molecule has 0 aromatic heterocycles. The van der Waals surface area contributed by atoms with Crippen molar-refractivity contribution < 1.29 is 18.4 Å². The summed E-state index contributed by atoms with van der Waals surface area (Å²) in [6, 6.07) is 16.6. The van der Waals surface area contributed by atoms with Crippen LogP contribution in [0.1, 0.15) is 28.4 Å². The maximum Gasteiger partial charge on any atom is 0.317 e. The Morgan fingerprint density at radius 3 is 2.26 bits per heavy atom. The van der Waals surface area contributed by atoms with Gasteiger partial charge in [0.2, 0.25) is 0 Å². The summed E-state index contributed by atoms with van der Waals surface area (Å²) >= 11 is 0. The third kappa shape index (κ3) is 6.54. The van der Waals surface area contributed by atoms with Crippen LogP contribution in [0.25, 0.3) is 0 Å². The van der Waals surface area contributed by atoms with Gasteiger partial charge in [-0.3, -0.25) is 4.79 Å². The molecule has 178 valence electrons. The molecule has 3 amide bonds. The fraction of sp³-hybridized carbons (Fsp3) is 0.231. The van der Waals surface area contributed by atoms with Crippen LogP contribution in [0.4, 0.5) is 25.0 Å². The molecule has 0 saturated carbocycles. The lowest BCUT2D eigenvalue weighted by molar-refractivity contribution is 0.102. The van der Waals surface area contributed by atoms with Crippen molar-refractivity contribution in [3.63, 3.8) is 0 Å². The van der Waals surface area contributed by atoms with Crippen LogP contribution in [0.2, 0.25) is 0 Å². The average Bonchev–Trinajstić information content (AvgIpc) is 2.80. The highest BCUT2D eigenvalue weighted by atomic mass is 19.1. The summed E-state index contributed by atoms with van der Waals surface area (Å²) in [5.41, 5.74) is 3.19. The van der Waals surface area contributed by atoms with Gasteiger partial charge in [-0.05, 0) is 66.6 Å². The molecule has 0 aliphatic rings. The summed E-state index contributed by atoms with van der Waals surface area (Å²) < 4.78 is 26.8. The highest BCUT2D eigenvalue weighted by molar-refractivity contribution is 6.04. The lowest BCUT2D eigenvalue weighted by Gasteiger charge is -2.26. The molecule has 0 saturated heterocycles. The number of hydrogen-bond donors (Lipinski definition) is 2. The van der Waals surface area contributed by atoms with Gasteiger partial charge >= 0.3 is 6.03 Å². The van der Waals surface area contributed by atoms with Crippen molar-refractivity contribution >= 4 is 23.3 Å². The van der Waals surface area contributed by atoms with E-state index in [0.29, 0.717) is 12.2 Å². The first-order chi connectivity index (χ1) is 16.3. The van der Waals surface area contributed by atoms with E-state index >= 15 is 0 Å². The molecule has 0 unspecified atom stereocenters. The van der Waals surface area contributed by atoms with Gasteiger partial charge in [-0.2, -0.15) is 0 Å². The Kier molecular flexibility index (Phi) is 8.19. The predicted octanol–water partition coefficient (Wildman–Crippen LogP) is 5.01. The van der Waals surface area contributed by atoms with Gasteiger partial charge in [0.05, 0.1) is 0 Å². The van der Waals surface area contributed by atoms with Crippen LogP contribution in [0.3, 0.4) is 0 Å². The third-order valence-corrected chi connectivity index (χ3v) is 5.17. The number of carbonyl (C=O) groups is 2. The van der Waals surface area contributed by atoms with E-state index in [4.69, 9.17) is 0 Å². The summed E-state index contributed by atoms with van der Waals surface area (Å²) in [5.74, 6) is -1.27. The molecule has 6 nitrogen and oxygen atoms in total. The molecule has 34 heavy (non-hydrogen) atoms. The Balaban J connectivity index is 1.88. The summed E-state index contributed by atoms with van der Waals surface area (Å²) in [5, 5.41) is 5.60. The Bertz CT molecular complexity index is 1150. The van der Waals surface area contributed by atoms with Gasteiger partial charge in [-0.25, -0.2) is 13.6 Å². The molecule has 0 aliphatic carbocycles. The van der Waals surface area contributed by atoms with E-state index in [1.54, 1.807) is 29.2 Å². The molecule has 0 atom stereocenters. The van der Waals surface area contributed by atoms with E-state index in [-0.39, 0.29) is 30.5 Å². The van der Waals surface area contributed by atoms with Gasteiger partial charge in [0, 0.05) is 50.7 Å². The standard InChI is InChI=1S/C26H28F2N4O2/c1-4-29-26(34)32(16-18-8-10-21(27)11-9-18)17-20-15-23(12-13-24(20)31(2)3)30-25(33)19-6-5-7-22(28)14-19/h5-15H,4,16-17H2,1-3H3,(H,29,34)(H,30,33). The first-order valence-corrected chi connectivity index (χ1v) is 10.9. The fourth-order valence-corrected chi connectivity index (χ4v) is 3.54. The number of amides is 3. The maximum atomic E-state index is 13.5. The van der Waals surface area contributed by atoms with Crippen LogP contribution < -0.4 is 15.5 Å². The van der Waals surface area contributed by atoms with Crippen LogP contribution in [0.15, 0.2) is 66.7 Å². The van der Waals surface area contributed by atoms with E-state index in [0.717, 1.165) is 16.8 Å². The Morgan fingerprint density at radius 2 is 1.62 bits per heavy atom. The van der Waals surface area contributed by atoms with Gasteiger partial charge < -0.3 is 20.4 Å².